The lowest BCUT2D eigenvalue weighted by Crippen LogP contribution is -1.90. The lowest BCUT2D eigenvalue weighted by molar-refractivity contribution is 1.13. The number of hydrogen-bond donors (Lipinski definition) is 0. The molecule has 0 amide bonds. The van der Waals surface area contributed by atoms with Crippen LogP contribution in [0.1, 0.15) is 18.2 Å². The normalized spacial score (nSPS) is 10.0. The van der Waals surface area contributed by atoms with E-state index >= 15 is 0 Å². The van der Waals surface area contributed by atoms with Crippen molar-refractivity contribution in [1.29, 1.82) is 0 Å². The second-order valence-corrected chi connectivity index (χ2v) is 3.68. The molecular weight excluding hydrogens is 154 g/mol. The lowest BCUT2D eigenvalue weighted by atomic mass is 10.2. The molecule has 0 radical (unpaired) electrons. The molecule has 1 aromatic heterocycles. The van der Waals surface area contributed by atoms with Gasteiger partial charge in [-0.25, -0.2) is 0 Å². The molecule has 0 saturated carbocycles. The van der Waals surface area contributed by atoms with Crippen molar-refractivity contribution < 1.29 is 0 Å². The van der Waals surface area contributed by atoms with Crippen molar-refractivity contribution >= 4 is 11.8 Å². The minimum atomic E-state index is 1.04. The number of hydrogen-bond acceptors (Lipinski definition) is 2. The Morgan fingerprint density at radius 2 is 2.36 bits per heavy atom. The average molecular weight is 167 g/mol. The van der Waals surface area contributed by atoms with Crippen LogP contribution in [0.25, 0.3) is 0 Å². The van der Waals surface area contributed by atoms with Crippen molar-refractivity contribution in [2.45, 2.75) is 19.6 Å². The van der Waals surface area contributed by atoms with Gasteiger partial charge in [0, 0.05) is 11.9 Å². The molecule has 0 N–H and O–H groups in total. The van der Waals surface area contributed by atoms with E-state index in [1.807, 2.05) is 24.0 Å². The SMILES string of the molecule is CCSCc1ncccc1C. The predicted octanol–water partition coefficient (Wildman–Crippen LogP) is 2.64. The number of aryl methyl sites for hydroxylation is 1. The second-order valence-electron chi connectivity index (χ2n) is 2.40. The van der Waals surface area contributed by atoms with Gasteiger partial charge in [-0.2, -0.15) is 11.8 Å². The Morgan fingerprint density at radius 1 is 1.55 bits per heavy atom. The van der Waals surface area contributed by atoms with E-state index in [1.165, 1.54) is 11.3 Å². The first-order valence-corrected chi connectivity index (χ1v) is 4.98. The maximum Gasteiger partial charge on any atom is 0.0531 e. The van der Waals surface area contributed by atoms with E-state index in [4.69, 9.17) is 0 Å². The van der Waals surface area contributed by atoms with Crippen molar-refractivity contribution in [3.63, 3.8) is 0 Å². The highest BCUT2D eigenvalue weighted by Gasteiger charge is 1.96. The minimum Gasteiger partial charge on any atom is -0.260 e. The number of rotatable bonds is 3. The molecule has 60 valence electrons. The van der Waals surface area contributed by atoms with Gasteiger partial charge in [0.25, 0.3) is 0 Å². The minimum absolute atomic E-state index is 1.04. The van der Waals surface area contributed by atoms with E-state index in [2.05, 4.69) is 24.9 Å². The Labute approximate surface area is 72.2 Å². The van der Waals surface area contributed by atoms with Gasteiger partial charge in [0.05, 0.1) is 5.69 Å². The summed E-state index contributed by atoms with van der Waals surface area (Å²) >= 11 is 1.91. The fraction of sp³-hybridized carbons (Fsp3) is 0.444. The molecule has 2 heteroatoms. The quantitative estimate of drug-likeness (QED) is 0.686. The second kappa shape index (κ2) is 4.39. The van der Waals surface area contributed by atoms with Crippen LogP contribution in [-0.2, 0) is 5.75 Å². The molecule has 0 aliphatic rings. The van der Waals surface area contributed by atoms with Crippen LogP contribution in [0.3, 0.4) is 0 Å². The summed E-state index contributed by atoms with van der Waals surface area (Å²) in [5.74, 6) is 2.21. The number of nitrogens with zero attached hydrogens (tertiary/aromatic N) is 1. The highest BCUT2D eigenvalue weighted by Crippen LogP contribution is 2.12. The number of thioether (sulfide) groups is 1. The van der Waals surface area contributed by atoms with E-state index in [0.717, 1.165) is 11.5 Å². The van der Waals surface area contributed by atoms with E-state index < -0.39 is 0 Å². The first kappa shape index (κ1) is 8.60. The van der Waals surface area contributed by atoms with E-state index in [0.29, 0.717) is 0 Å². The van der Waals surface area contributed by atoms with Crippen molar-refractivity contribution in [2.75, 3.05) is 5.75 Å². The van der Waals surface area contributed by atoms with Gasteiger partial charge in [-0.3, -0.25) is 4.98 Å². The molecule has 0 saturated heterocycles. The van der Waals surface area contributed by atoms with Gasteiger partial charge in [-0.15, -0.1) is 0 Å². The van der Waals surface area contributed by atoms with Crippen molar-refractivity contribution in [2.24, 2.45) is 0 Å². The molecule has 0 unspecified atom stereocenters. The summed E-state index contributed by atoms with van der Waals surface area (Å²) in [6.07, 6.45) is 1.86. The van der Waals surface area contributed by atoms with Crippen LogP contribution < -0.4 is 0 Å². The monoisotopic (exact) mass is 167 g/mol. The Hall–Kier alpha value is -0.500. The molecule has 0 spiro atoms. The van der Waals surface area contributed by atoms with Gasteiger partial charge in [0.2, 0.25) is 0 Å². The van der Waals surface area contributed by atoms with Crippen LogP contribution in [-0.4, -0.2) is 10.7 Å². The summed E-state index contributed by atoms with van der Waals surface area (Å²) in [5, 5.41) is 0. The highest BCUT2D eigenvalue weighted by molar-refractivity contribution is 7.98. The van der Waals surface area contributed by atoms with Crippen LogP contribution in [0, 0.1) is 6.92 Å². The summed E-state index contributed by atoms with van der Waals surface area (Å²) < 4.78 is 0. The zero-order valence-electron chi connectivity index (χ0n) is 7.00. The largest absolute Gasteiger partial charge is 0.260 e. The van der Waals surface area contributed by atoms with E-state index in [1.54, 1.807) is 0 Å². The van der Waals surface area contributed by atoms with Crippen molar-refractivity contribution in [3.05, 3.63) is 29.6 Å². The zero-order valence-corrected chi connectivity index (χ0v) is 7.82. The smallest absolute Gasteiger partial charge is 0.0531 e. The fourth-order valence-electron chi connectivity index (χ4n) is 0.868. The van der Waals surface area contributed by atoms with Gasteiger partial charge in [-0.05, 0) is 24.3 Å². The molecule has 1 nitrogen and oxygen atoms in total. The third-order valence-corrected chi connectivity index (χ3v) is 2.45. The molecule has 0 aliphatic carbocycles. The molecule has 0 bridgehead atoms. The molecular formula is C9H13NS. The van der Waals surface area contributed by atoms with Gasteiger partial charge in [-0.1, -0.05) is 13.0 Å². The molecule has 0 aromatic carbocycles. The molecule has 0 fully saturated rings. The zero-order chi connectivity index (χ0) is 8.10. The fourth-order valence-corrected chi connectivity index (χ4v) is 1.57. The third kappa shape index (κ3) is 2.54. The van der Waals surface area contributed by atoms with Crippen LogP contribution in [0.5, 0.6) is 0 Å². The van der Waals surface area contributed by atoms with Crippen LogP contribution >= 0.6 is 11.8 Å². The molecule has 1 heterocycles. The third-order valence-electron chi connectivity index (χ3n) is 1.56. The molecule has 1 aromatic rings. The Kier molecular flexibility index (Phi) is 3.43. The maximum absolute atomic E-state index is 4.29. The molecule has 0 aliphatic heterocycles. The maximum atomic E-state index is 4.29. The first-order valence-electron chi connectivity index (χ1n) is 3.83. The number of aromatic nitrogens is 1. The standard InChI is InChI=1S/C9H13NS/c1-3-11-7-9-8(2)5-4-6-10-9/h4-6H,3,7H2,1-2H3. The van der Waals surface area contributed by atoms with E-state index in [-0.39, 0.29) is 0 Å². The highest BCUT2D eigenvalue weighted by atomic mass is 32.2. The summed E-state index contributed by atoms with van der Waals surface area (Å²) in [4.78, 5) is 4.29. The van der Waals surface area contributed by atoms with Gasteiger partial charge in [0.15, 0.2) is 0 Å². The Morgan fingerprint density at radius 3 is 3.00 bits per heavy atom. The predicted molar refractivity (Wildman–Crippen MR) is 50.8 cm³/mol. The van der Waals surface area contributed by atoms with Crippen molar-refractivity contribution in [1.82, 2.24) is 4.98 Å². The van der Waals surface area contributed by atoms with Gasteiger partial charge >= 0.3 is 0 Å². The summed E-state index contributed by atoms with van der Waals surface area (Å²) in [7, 11) is 0. The van der Waals surface area contributed by atoms with Crippen molar-refractivity contribution in [3.8, 4) is 0 Å². The molecule has 1 rings (SSSR count). The summed E-state index contributed by atoms with van der Waals surface area (Å²) in [5.41, 5.74) is 2.52. The molecule has 0 atom stereocenters. The Bertz CT molecular complexity index is 223. The first-order chi connectivity index (χ1) is 5.34. The van der Waals surface area contributed by atoms with Crippen LogP contribution in [0.4, 0.5) is 0 Å². The number of pyridine rings is 1. The topological polar surface area (TPSA) is 12.9 Å². The summed E-state index contributed by atoms with van der Waals surface area (Å²) in [6, 6.07) is 4.09. The summed E-state index contributed by atoms with van der Waals surface area (Å²) in [6.45, 7) is 4.28. The van der Waals surface area contributed by atoms with Gasteiger partial charge < -0.3 is 0 Å². The molecule has 11 heavy (non-hydrogen) atoms. The van der Waals surface area contributed by atoms with Gasteiger partial charge in [0.1, 0.15) is 0 Å². The van der Waals surface area contributed by atoms with Crippen LogP contribution in [0.2, 0.25) is 0 Å². The Balaban J connectivity index is 2.62. The average Bonchev–Trinajstić information content (AvgIpc) is 2.03. The van der Waals surface area contributed by atoms with Crippen LogP contribution in [0.15, 0.2) is 18.3 Å². The van der Waals surface area contributed by atoms with E-state index in [9.17, 15) is 0 Å². The lowest BCUT2D eigenvalue weighted by Gasteiger charge is -2.01.